The van der Waals surface area contributed by atoms with Crippen LogP contribution in [-0.4, -0.2) is 19.3 Å². The minimum Gasteiger partial charge on any atom is -0.379 e. The van der Waals surface area contributed by atoms with Gasteiger partial charge in [0, 0.05) is 11.5 Å². The second-order valence-electron chi connectivity index (χ2n) is 7.23. The quantitative estimate of drug-likeness (QED) is 0.906. The summed E-state index contributed by atoms with van der Waals surface area (Å²) in [6.07, 6.45) is 1.00. The van der Waals surface area contributed by atoms with Crippen molar-refractivity contribution < 1.29 is 4.74 Å². The topological polar surface area (TPSA) is 35.2 Å². The standard InChI is InChI=1S/C17H27NO/c1-12-8-14(16(3,4)5)6-7-15(12)17(9-13(2)18)10-19-11-17/h6-8,13H,9-11,18H2,1-5H3. The van der Waals surface area contributed by atoms with Crippen molar-refractivity contribution in [2.24, 2.45) is 5.73 Å². The molecule has 2 heteroatoms. The summed E-state index contributed by atoms with van der Waals surface area (Å²) in [5.41, 5.74) is 10.6. The number of rotatable bonds is 3. The van der Waals surface area contributed by atoms with E-state index in [9.17, 15) is 0 Å². The lowest BCUT2D eigenvalue weighted by atomic mass is 9.71. The van der Waals surface area contributed by atoms with E-state index in [-0.39, 0.29) is 16.9 Å². The van der Waals surface area contributed by atoms with Crippen molar-refractivity contribution in [2.45, 2.75) is 57.9 Å². The zero-order chi connectivity index (χ0) is 14.3. The smallest absolute Gasteiger partial charge is 0.0586 e. The maximum atomic E-state index is 6.02. The number of benzene rings is 1. The minimum absolute atomic E-state index is 0.147. The average molecular weight is 261 g/mol. The predicted molar refractivity (Wildman–Crippen MR) is 80.6 cm³/mol. The van der Waals surface area contributed by atoms with Crippen LogP contribution in [0.15, 0.2) is 18.2 Å². The van der Waals surface area contributed by atoms with Gasteiger partial charge in [0.05, 0.1) is 13.2 Å². The largest absolute Gasteiger partial charge is 0.379 e. The summed E-state index contributed by atoms with van der Waals surface area (Å²) < 4.78 is 5.49. The van der Waals surface area contributed by atoms with E-state index in [4.69, 9.17) is 10.5 Å². The van der Waals surface area contributed by atoms with Gasteiger partial charge in [0.2, 0.25) is 0 Å². The molecule has 1 aromatic rings. The summed E-state index contributed by atoms with van der Waals surface area (Å²) >= 11 is 0. The van der Waals surface area contributed by atoms with Crippen molar-refractivity contribution in [3.8, 4) is 0 Å². The fourth-order valence-electron chi connectivity index (χ4n) is 3.07. The Bertz CT molecular complexity index is 453. The molecule has 0 spiro atoms. The molecule has 1 fully saturated rings. The van der Waals surface area contributed by atoms with Crippen molar-refractivity contribution in [3.63, 3.8) is 0 Å². The lowest BCUT2D eigenvalue weighted by molar-refractivity contribution is -0.0668. The van der Waals surface area contributed by atoms with Gasteiger partial charge in [-0.3, -0.25) is 0 Å². The van der Waals surface area contributed by atoms with Crippen molar-refractivity contribution in [2.75, 3.05) is 13.2 Å². The number of nitrogens with two attached hydrogens (primary N) is 1. The summed E-state index contributed by atoms with van der Waals surface area (Å²) in [5.74, 6) is 0. The van der Waals surface area contributed by atoms with Gasteiger partial charge in [-0.05, 0) is 42.4 Å². The lowest BCUT2D eigenvalue weighted by Gasteiger charge is -2.44. The molecule has 0 aliphatic carbocycles. The van der Waals surface area contributed by atoms with E-state index in [1.165, 1.54) is 16.7 Å². The second-order valence-corrected chi connectivity index (χ2v) is 7.23. The molecule has 0 amide bonds. The first-order valence-corrected chi connectivity index (χ1v) is 7.19. The molecule has 2 rings (SSSR count). The summed E-state index contributed by atoms with van der Waals surface area (Å²) in [6.45, 7) is 12.7. The van der Waals surface area contributed by atoms with Gasteiger partial charge in [0.15, 0.2) is 0 Å². The molecular formula is C17H27NO. The summed E-state index contributed by atoms with van der Waals surface area (Å²) in [7, 11) is 0. The van der Waals surface area contributed by atoms with Gasteiger partial charge in [-0.1, -0.05) is 39.0 Å². The van der Waals surface area contributed by atoms with Gasteiger partial charge in [-0.2, -0.15) is 0 Å². The van der Waals surface area contributed by atoms with E-state index in [0.29, 0.717) is 0 Å². The molecule has 0 radical (unpaired) electrons. The third kappa shape index (κ3) is 2.85. The summed E-state index contributed by atoms with van der Waals surface area (Å²) in [5, 5.41) is 0. The lowest BCUT2D eigenvalue weighted by Crippen LogP contribution is -2.50. The Kier molecular flexibility index (Phi) is 3.76. The van der Waals surface area contributed by atoms with E-state index < -0.39 is 0 Å². The fourth-order valence-corrected chi connectivity index (χ4v) is 3.07. The normalized spacial score (nSPS) is 19.9. The molecule has 1 aliphatic heterocycles. The highest BCUT2D eigenvalue weighted by atomic mass is 16.5. The Balaban J connectivity index is 2.35. The van der Waals surface area contributed by atoms with Crippen LogP contribution in [0.4, 0.5) is 0 Å². The predicted octanol–water partition coefficient (Wildman–Crippen LogP) is 3.30. The molecule has 106 valence electrons. The van der Waals surface area contributed by atoms with Crippen molar-refractivity contribution >= 4 is 0 Å². The Morgan fingerprint density at radius 2 is 1.95 bits per heavy atom. The van der Waals surface area contributed by atoms with Crippen molar-refractivity contribution in [1.82, 2.24) is 0 Å². The third-order valence-corrected chi connectivity index (χ3v) is 4.13. The number of hydrogen-bond donors (Lipinski definition) is 1. The maximum Gasteiger partial charge on any atom is 0.0586 e. The molecule has 1 saturated heterocycles. The highest BCUT2D eigenvalue weighted by Gasteiger charge is 2.41. The summed E-state index contributed by atoms with van der Waals surface area (Å²) in [6, 6.07) is 7.10. The van der Waals surface area contributed by atoms with Gasteiger partial charge < -0.3 is 10.5 Å². The second kappa shape index (κ2) is 4.92. The molecule has 2 N–H and O–H groups in total. The van der Waals surface area contributed by atoms with Crippen molar-refractivity contribution in [1.29, 1.82) is 0 Å². The van der Waals surface area contributed by atoms with Gasteiger partial charge in [0.1, 0.15) is 0 Å². The summed E-state index contributed by atoms with van der Waals surface area (Å²) in [4.78, 5) is 0. The van der Waals surface area contributed by atoms with Crippen LogP contribution < -0.4 is 5.73 Å². The van der Waals surface area contributed by atoms with Crippen molar-refractivity contribution in [3.05, 3.63) is 34.9 Å². The van der Waals surface area contributed by atoms with E-state index >= 15 is 0 Å². The minimum atomic E-state index is 0.147. The van der Waals surface area contributed by atoms with Crippen LogP contribution in [0.5, 0.6) is 0 Å². The Hall–Kier alpha value is -0.860. The van der Waals surface area contributed by atoms with E-state index in [2.05, 4.69) is 52.8 Å². The van der Waals surface area contributed by atoms with Crippen LogP contribution in [0.3, 0.4) is 0 Å². The average Bonchev–Trinajstić information content (AvgIpc) is 2.22. The number of aryl methyl sites for hydroxylation is 1. The van der Waals surface area contributed by atoms with E-state index in [0.717, 1.165) is 19.6 Å². The van der Waals surface area contributed by atoms with Crippen LogP contribution in [-0.2, 0) is 15.6 Å². The van der Waals surface area contributed by atoms with E-state index in [1.54, 1.807) is 0 Å². The first kappa shape index (κ1) is 14.5. The van der Waals surface area contributed by atoms with Gasteiger partial charge in [-0.15, -0.1) is 0 Å². The molecular weight excluding hydrogens is 234 g/mol. The molecule has 19 heavy (non-hydrogen) atoms. The first-order valence-electron chi connectivity index (χ1n) is 7.19. The zero-order valence-electron chi connectivity index (χ0n) is 12.9. The first-order chi connectivity index (χ1) is 8.74. The molecule has 1 atom stereocenters. The molecule has 0 bridgehead atoms. The molecule has 1 heterocycles. The third-order valence-electron chi connectivity index (χ3n) is 4.13. The SMILES string of the molecule is Cc1cc(C(C)(C)C)ccc1C1(CC(C)N)COC1. The molecule has 1 aromatic carbocycles. The number of ether oxygens (including phenoxy) is 1. The number of hydrogen-bond acceptors (Lipinski definition) is 2. The fraction of sp³-hybridized carbons (Fsp3) is 0.647. The molecule has 2 nitrogen and oxygen atoms in total. The molecule has 0 aromatic heterocycles. The van der Waals surface area contributed by atoms with Gasteiger partial charge in [-0.25, -0.2) is 0 Å². The monoisotopic (exact) mass is 261 g/mol. The highest BCUT2D eigenvalue weighted by molar-refractivity contribution is 5.40. The zero-order valence-corrected chi connectivity index (χ0v) is 12.9. The molecule has 1 aliphatic rings. The van der Waals surface area contributed by atoms with Gasteiger partial charge in [0.25, 0.3) is 0 Å². The highest BCUT2D eigenvalue weighted by Crippen LogP contribution is 2.39. The van der Waals surface area contributed by atoms with E-state index in [1.807, 2.05) is 0 Å². The molecule has 1 unspecified atom stereocenters. The van der Waals surface area contributed by atoms with Crippen LogP contribution in [0.25, 0.3) is 0 Å². The Morgan fingerprint density at radius 3 is 2.32 bits per heavy atom. The van der Waals surface area contributed by atoms with Gasteiger partial charge >= 0.3 is 0 Å². The maximum absolute atomic E-state index is 6.02. The van der Waals surface area contributed by atoms with Crippen LogP contribution in [0, 0.1) is 6.92 Å². The van der Waals surface area contributed by atoms with Crippen LogP contribution >= 0.6 is 0 Å². The molecule has 0 saturated carbocycles. The van der Waals surface area contributed by atoms with Crippen LogP contribution in [0.2, 0.25) is 0 Å². The van der Waals surface area contributed by atoms with Crippen LogP contribution in [0.1, 0.15) is 50.8 Å². The Labute approximate surface area is 117 Å². The Morgan fingerprint density at radius 1 is 1.32 bits per heavy atom.